The number of halogens is 2. The molecule has 2 aromatic rings. The number of amides is 1. The van der Waals surface area contributed by atoms with Crippen molar-refractivity contribution in [3.63, 3.8) is 0 Å². The van der Waals surface area contributed by atoms with Gasteiger partial charge in [0.2, 0.25) is 0 Å². The van der Waals surface area contributed by atoms with Crippen molar-refractivity contribution in [1.82, 2.24) is 20.0 Å². The fourth-order valence-corrected chi connectivity index (χ4v) is 3.69. The van der Waals surface area contributed by atoms with Crippen LogP contribution in [0.15, 0.2) is 18.2 Å². The van der Waals surface area contributed by atoms with Crippen LogP contribution in [0.5, 0.6) is 0 Å². The zero-order valence-corrected chi connectivity index (χ0v) is 16.1. The summed E-state index contributed by atoms with van der Waals surface area (Å²) in [5.74, 6) is -0.925. The third-order valence-electron chi connectivity index (χ3n) is 5.33. The third kappa shape index (κ3) is 4.35. The second-order valence-corrected chi connectivity index (χ2v) is 7.34. The number of benzene rings is 1. The molecule has 0 aliphatic carbocycles. The smallest absolute Gasteiger partial charge is 0.255 e. The fourth-order valence-electron chi connectivity index (χ4n) is 3.69. The summed E-state index contributed by atoms with van der Waals surface area (Å²) in [4.78, 5) is 15.0. The van der Waals surface area contributed by atoms with Crippen molar-refractivity contribution in [2.45, 2.75) is 33.1 Å². The van der Waals surface area contributed by atoms with E-state index < -0.39 is 11.6 Å². The molecule has 1 aliphatic heterocycles. The van der Waals surface area contributed by atoms with Gasteiger partial charge in [-0.3, -0.25) is 4.79 Å². The van der Waals surface area contributed by atoms with Gasteiger partial charge in [0.05, 0.1) is 17.0 Å². The van der Waals surface area contributed by atoms with Crippen molar-refractivity contribution in [1.29, 1.82) is 0 Å². The minimum atomic E-state index is -0.713. The van der Waals surface area contributed by atoms with Gasteiger partial charge in [-0.2, -0.15) is 5.10 Å². The van der Waals surface area contributed by atoms with Crippen molar-refractivity contribution in [2.75, 3.05) is 26.7 Å². The first-order valence-electron chi connectivity index (χ1n) is 9.35. The summed E-state index contributed by atoms with van der Waals surface area (Å²) in [5.41, 5.74) is 1.63. The van der Waals surface area contributed by atoms with Crippen LogP contribution in [0.2, 0.25) is 0 Å². The maximum absolute atomic E-state index is 14.1. The normalized spacial score (nSPS) is 15.9. The van der Waals surface area contributed by atoms with Crippen LogP contribution in [0.25, 0.3) is 5.69 Å². The van der Waals surface area contributed by atoms with Gasteiger partial charge in [-0.05, 0) is 71.3 Å². The van der Waals surface area contributed by atoms with E-state index in [1.165, 1.54) is 16.8 Å². The van der Waals surface area contributed by atoms with E-state index in [2.05, 4.69) is 22.4 Å². The van der Waals surface area contributed by atoms with Crippen molar-refractivity contribution in [3.05, 3.63) is 46.8 Å². The summed E-state index contributed by atoms with van der Waals surface area (Å²) < 4.78 is 28.6. The largest absolute Gasteiger partial charge is 0.352 e. The molecule has 1 N–H and O–H groups in total. The standard InChI is InChI=1S/C20H26F2N4O/c1-13-19(20(27)23-9-6-15-7-10-25(3)11-8-15)14(2)26(24-13)18-5-4-16(21)12-17(18)22/h4-5,12,15H,6-11H2,1-3H3,(H,23,27). The minimum Gasteiger partial charge on any atom is -0.352 e. The second-order valence-electron chi connectivity index (χ2n) is 7.34. The lowest BCUT2D eigenvalue weighted by Crippen LogP contribution is -2.33. The van der Waals surface area contributed by atoms with Crippen molar-refractivity contribution >= 4 is 5.91 Å². The Labute approximate surface area is 158 Å². The summed E-state index contributed by atoms with van der Waals surface area (Å²) in [7, 11) is 2.13. The molecule has 1 saturated heterocycles. The summed E-state index contributed by atoms with van der Waals surface area (Å²) >= 11 is 0. The number of rotatable bonds is 5. The van der Waals surface area contributed by atoms with Crippen LogP contribution in [0.3, 0.4) is 0 Å². The number of nitrogens with one attached hydrogen (secondary N) is 1. The van der Waals surface area contributed by atoms with E-state index in [4.69, 9.17) is 0 Å². The summed E-state index contributed by atoms with van der Waals surface area (Å²) in [6.45, 7) is 6.26. The van der Waals surface area contributed by atoms with E-state index in [1.54, 1.807) is 13.8 Å². The molecular weight excluding hydrogens is 350 g/mol. The van der Waals surface area contributed by atoms with Gasteiger partial charge in [0.25, 0.3) is 5.91 Å². The number of hydrogen-bond donors (Lipinski definition) is 1. The van der Waals surface area contributed by atoms with Crippen molar-refractivity contribution in [3.8, 4) is 5.69 Å². The summed E-state index contributed by atoms with van der Waals surface area (Å²) in [5, 5.41) is 7.25. The van der Waals surface area contributed by atoms with Crippen molar-refractivity contribution in [2.24, 2.45) is 5.92 Å². The minimum absolute atomic E-state index is 0.127. The predicted molar refractivity (Wildman–Crippen MR) is 100 cm³/mol. The molecule has 1 aromatic carbocycles. The van der Waals surface area contributed by atoms with Gasteiger partial charge < -0.3 is 10.2 Å². The quantitative estimate of drug-likeness (QED) is 0.872. The SMILES string of the molecule is Cc1nn(-c2ccc(F)cc2F)c(C)c1C(=O)NCCC1CCN(C)CC1. The van der Waals surface area contributed by atoms with Crippen LogP contribution in [0, 0.1) is 31.4 Å². The monoisotopic (exact) mass is 376 g/mol. The Morgan fingerprint density at radius 1 is 1.26 bits per heavy atom. The lowest BCUT2D eigenvalue weighted by Gasteiger charge is -2.28. The Kier molecular flexibility index (Phi) is 5.89. The van der Waals surface area contributed by atoms with Crippen LogP contribution >= 0.6 is 0 Å². The highest BCUT2D eigenvalue weighted by atomic mass is 19.1. The van der Waals surface area contributed by atoms with Gasteiger partial charge in [0.1, 0.15) is 11.5 Å². The van der Waals surface area contributed by atoms with Gasteiger partial charge in [-0.1, -0.05) is 0 Å². The first kappa shape index (κ1) is 19.5. The molecule has 7 heteroatoms. The Balaban J connectivity index is 1.67. The van der Waals surface area contributed by atoms with Crippen LogP contribution in [-0.2, 0) is 0 Å². The Morgan fingerprint density at radius 2 is 1.96 bits per heavy atom. The third-order valence-corrected chi connectivity index (χ3v) is 5.33. The van der Waals surface area contributed by atoms with Crippen LogP contribution < -0.4 is 5.32 Å². The summed E-state index contributed by atoms with van der Waals surface area (Å²) in [6.07, 6.45) is 3.27. The van der Waals surface area contributed by atoms with E-state index in [9.17, 15) is 13.6 Å². The maximum atomic E-state index is 14.1. The molecule has 5 nitrogen and oxygen atoms in total. The lowest BCUT2D eigenvalue weighted by atomic mass is 9.94. The highest BCUT2D eigenvalue weighted by Gasteiger charge is 2.22. The molecule has 0 atom stereocenters. The number of nitrogens with zero attached hydrogens (tertiary/aromatic N) is 3. The zero-order chi connectivity index (χ0) is 19.6. The van der Waals surface area contributed by atoms with E-state index in [0.717, 1.165) is 38.4 Å². The first-order chi connectivity index (χ1) is 12.9. The molecule has 1 aromatic heterocycles. The molecule has 27 heavy (non-hydrogen) atoms. The molecule has 2 heterocycles. The molecule has 1 aliphatic rings. The molecule has 146 valence electrons. The van der Waals surface area contributed by atoms with Gasteiger partial charge in [-0.15, -0.1) is 0 Å². The average molecular weight is 376 g/mol. The highest BCUT2D eigenvalue weighted by Crippen LogP contribution is 2.22. The molecule has 3 rings (SSSR count). The summed E-state index contributed by atoms with van der Waals surface area (Å²) in [6, 6.07) is 3.31. The fraction of sp³-hybridized carbons (Fsp3) is 0.500. The second kappa shape index (κ2) is 8.17. The molecular formula is C20H26F2N4O. The van der Waals surface area contributed by atoms with E-state index in [1.807, 2.05) is 0 Å². The number of likely N-dealkylation sites (tertiary alicyclic amines) is 1. The number of aryl methyl sites for hydroxylation is 1. The van der Waals surface area contributed by atoms with Crippen LogP contribution in [0.1, 0.15) is 41.0 Å². The Hall–Kier alpha value is -2.28. The van der Waals surface area contributed by atoms with Crippen molar-refractivity contribution < 1.29 is 13.6 Å². The molecule has 0 spiro atoms. The molecule has 0 bridgehead atoms. The highest BCUT2D eigenvalue weighted by molar-refractivity contribution is 5.96. The number of carbonyl (C=O) groups is 1. The van der Waals surface area contributed by atoms with E-state index in [0.29, 0.717) is 29.4 Å². The first-order valence-corrected chi connectivity index (χ1v) is 9.35. The molecule has 1 fully saturated rings. The Morgan fingerprint density at radius 3 is 2.63 bits per heavy atom. The van der Waals surface area contributed by atoms with E-state index in [-0.39, 0.29) is 11.6 Å². The number of hydrogen-bond acceptors (Lipinski definition) is 3. The van der Waals surface area contributed by atoms with Gasteiger partial charge in [0.15, 0.2) is 5.82 Å². The lowest BCUT2D eigenvalue weighted by molar-refractivity contribution is 0.0947. The van der Waals surface area contributed by atoms with Gasteiger partial charge >= 0.3 is 0 Å². The van der Waals surface area contributed by atoms with Gasteiger partial charge in [0, 0.05) is 12.6 Å². The van der Waals surface area contributed by atoms with Crippen LogP contribution in [0.4, 0.5) is 8.78 Å². The average Bonchev–Trinajstić information content (AvgIpc) is 2.91. The molecule has 0 unspecified atom stereocenters. The number of piperidine rings is 1. The number of aromatic nitrogens is 2. The molecule has 0 saturated carbocycles. The topological polar surface area (TPSA) is 50.2 Å². The van der Waals surface area contributed by atoms with Gasteiger partial charge in [-0.25, -0.2) is 13.5 Å². The molecule has 0 radical (unpaired) electrons. The maximum Gasteiger partial charge on any atom is 0.255 e. The predicted octanol–water partition coefficient (Wildman–Crippen LogP) is 3.23. The number of carbonyl (C=O) groups excluding carboxylic acids is 1. The Bertz CT molecular complexity index is 826. The zero-order valence-electron chi connectivity index (χ0n) is 16.1. The van der Waals surface area contributed by atoms with E-state index >= 15 is 0 Å². The molecule has 1 amide bonds. The van der Waals surface area contributed by atoms with Crippen LogP contribution in [-0.4, -0.2) is 47.3 Å².